The van der Waals surface area contributed by atoms with Gasteiger partial charge in [0.2, 0.25) is 5.78 Å². The molecule has 0 aliphatic rings. The van der Waals surface area contributed by atoms with Gasteiger partial charge in [0.25, 0.3) is 15.6 Å². The van der Waals surface area contributed by atoms with Crippen molar-refractivity contribution < 1.29 is 22.7 Å². The zero-order valence-corrected chi connectivity index (χ0v) is 23.6. The smallest absolute Gasteiger partial charge is 0.338 e. The number of ketones is 1. The van der Waals surface area contributed by atoms with Crippen molar-refractivity contribution in [2.75, 3.05) is 16.6 Å². The highest BCUT2D eigenvalue weighted by atomic mass is 35.5. The molecule has 0 aliphatic heterocycles. The minimum absolute atomic E-state index is 0.00391. The average molecular weight is 597 g/mol. The molecule has 0 saturated carbocycles. The van der Waals surface area contributed by atoms with Crippen molar-refractivity contribution >= 4 is 44.9 Å². The van der Waals surface area contributed by atoms with Gasteiger partial charge in [0.05, 0.1) is 22.7 Å². The summed E-state index contributed by atoms with van der Waals surface area (Å²) in [5.41, 5.74) is 4.57. The van der Waals surface area contributed by atoms with Gasteiger partial charge in [-0.05, 0) is 48.0 Å². The van der Waals surface area contributed by atoms with E-state index in [4.69, 9.17) is 22.1 Å². The molecule has 0 atom stereocenters. The maximum atomic E-state index is 13.8. The fourth-order valence-electron chi connectivity index (χ4n) is 3.99. The molecule has 4 rings (SSSR count). The minimum Gasteiger partial charge on any atom is -0.454 e. The lowest BCUT2D eigenvalue weighted by molar-refractivity contribution is 0.0474. The van der Waals surface area contributed by atoms with E-state index < -0.39 is 45.2 Å². The summed E-state index contributed by atoms with van der Waals surface area (Å²) in [6.45, 7) is -0.859. The van der Waals surface area contributed by atoms with E-state index in [2.05, 4.69) is 0 Å². The van der Waals surface area contributed by atoms with E-state index in [1.165, 1.54) is 36.6 Å². The zero-order chi connectivity index (χ0) is 29.9. The number of anilines is 2. The molecule has 0 amide bonds. The van der Waals surface area contributed by atoms with Crippen LogP contribution in [0.4, 0.5) is 11.5 Å². The molecule has 41 heavy (non-hydrogen) atoms. The van der Waals surface area contributed by atoms with Crippen molar-refractivity contribution in [3.8, 4) is 0 Å². The molecule has 1 aromatic heterocycles. The standard InChI is InChI=1S/C28H25ClN4O7S/c1-31-25(30)24(26(35)32(2)28(31)37)23(34)17-40-27(36)19-9-6-10-22(15-19)41(38,39)33(16-18-7-4-3-5-8-18)21-13-11-20(29)12-14-21/h3-15H,16-17,30H2,1-2H3. The van der Waals surface area contributed by atoms with Gasteiger partial charge in [-0.3, -0.25) is 23.0 Å². The third-order valence-corrected chi connectivity index (χ3v) is 8.29. The molecule has 11 nitrogen and oxygen atoms in total. The number of ether oxygens (including phenoxy) is 1. The Hall–Kier alpha value is -4.68. The number of nitrogens with zero attached hydrogens (tertiary/aromatic N) is 3. The molecule has 0 unspecified atom stereocenters. The molecule has 3 aromatic carbocycles. The van der Waals surface area contributed by atoms with Gasteiger partial charge < -0.3 is 10.5 Å². The summed E-state index contributed by atoms with van der Waals surface area (Å²) < 4.78 is 35.5. The highest BCUT2D eigenvalue weighted by Gasteiger charge is 2.27. The van der Waals surface area contributed by atoms with Crippen LogP contribution < -0.4 is 21.3 Å². The van der Waals surface area contributed by atoms with Gasteiger partial charge in [0, 0.05) is 19.1 Å². The van der Waals surface area contributed by atoms with Crippen LogP contribution in [0.5, 0.6) is 0 Å². The molecule has 0 bridgehead atoms. The number of benzene rings is 3. The number of esters is 1. The summed E-state index contributed by atoms with van der Waals surface area (Å²) >= 11 is 6.01. The molecule has 0 aliphatic carbocycles. The number of hydrogen-bond donors (Lipinski definition) is 1. The molecular formula is C28H25ClN4O7S. The number of sulfonamides is 1. The van der Waals surface area contributed by atoms with Crippen molar-refractivity contribution in [2.45, 2.75) is 11.4 Å². The van der Waals surface area contributed by atoms with Crippen LogP contribution in [0.1, 0.15) is 26.3 Å². The predicted octanol–water partition coefficient (Wildman–Crippen LogP) is 2.75. The first-order valence-electron chi connectivity index (χ1n) is 12.1. The summed E-state index contributed by atoms with van der Waals surface area (Å²) in [6, 6.07) is 20.4. The summed E-state index contributed by atoms with van der Waals surface area (Å²) in [4.78, 5) is 49.8. The molecule has 212 valence electrons. The van der Waals surface area contributed by atoms with E-state index >= 15 is 0 Å². The van der Waals surface area contributed by atoms with Crippen molar-refractivity contribution in [2.24, 2.45) is 14.1 Å². The van der Waals surface area contributed by atoms with Crippen molar-refractivity contribution in [3.63, 3.8) is 0 Å². The lowest BCUT2D eigenvalue weighted by atomic mass is 10.2. The molecule has 0 saturated heterocycles. The van der Waals surface area contributed by atoms with Gasteiger partial charge in [-0.15, -0.1) is 0 Å². The first-order chi connectivity index (χ1) is 19.4. The number of nitrogens with two attached hydrogens (primary N) is 1. The highest BCUT2D eigenvalue weighted by molar-refractivity contribution is 7.92. The Labute approximate surface area is 240 Å². The lowest BCUT2D eigenvalue weighted by Gasteiger charge is -2.25. The number of hydrogen-bond acceptors (Lipinski definition) is 8. The van der Waals surface area contributed by atoms with Crippen LogP contribution in [0.3, 0.4) is 0 Å². The Morgan fingerprint density at radius 1 is 0.927 bits per heavy atom. The molecule has 0 spiro atoms. The Morgan fingerprint density at radius 2 is 1.59 bits per heavy atom. The number of carbonyl (C=O) groups excluding carboxylic acids is 2. The van der Waals surface area contributed by atoms with E-state index in [0.29, 0.717) is 15.3 Å². The molecule has 0 radical (unpaired) electrons. The fourth-order valence-corrected chi connectivity index (χ4v) is 5.62. The fraction of sp³-hybridized carbons (Fsp3) is 0.143. The van der Waals surface area contributed by atoms with Gasteiger partial charge in [-0.25, -0.2) is 18.0 Å². The van der Waals surface area contributed by atoms with Crippen LogP contribution >= 0.6 is 11.6 Å². The minimum atomic E-state index is -4.20. The van der Waals surface area contributed by atoms with Crippen LogP contribution in [0.2, 0.25) is 5.02 Å². The number of Topliss-reactive ketones (excluding diaryl/α,β-unsaturated/α-hetero) is 1. The molecule has 13 heteroatoms. The molecule has 1 heterocycles. The van der Waals surface area contributed by atoms with Gasteiger partial charge in [0.15, 0.2) is 6.61 Å². The highest BCUT2D eigenvalue weighted by Crippen LogP contribution is 2.28. The second-order valence-electron chi connectivity index (χ2n) is 8.97. The monoisotopic (exact) mass is 596 g/mol. The Bertz CT molecular complexity index is 1850. The number of rotatable bonds is 9. The maximum Gasteiger partial charge on any atom is 0.338 e. The van der Waals surface area contributed by atoms with Gasteiger partial charge in [-0.2, -0.15) is 0 Å². The topological polar surface area (TPSA) is 151 Å². The van der Waals surface area contributed by atoms with Gasteiger partial charge >= 0.3 is 11.7 Å². The Kier molecular flexibility index (Phi) is 8.45. The normalized spacial score (nSPS) is 11.2. The lowest BCUT2D eigenvalue weighted by Crippen LogP contribution is -2.42. The van der Waals surface area contributed by atoms with Crippen molar-refractivity contribution in [1.82, 2.24) is 9.13 Å². The van der Waals surface area contributed by atoms with E-state index in [1.807, 2.05) is 6.07 Å². The first-order valence-corrected chi connectivity index (χ1v) is 13.9. The summed E-state index contributed by atoms with van der Waals surface area (Å²) in [6.07, 6.45) is 0. The van der Waals surface area contributed by atoms with Gasteiger partial charge in [-0.1, -0.05) is 48.0 Å². The second-order valence-corrected chi connectivity index (χ2v) is 11.3. The van der Waals surface area contributed by atoms with Crippen LogP contribution in [0, 0.1) is 0 Å². The number of carbonyl (C=O) groups is 2. The van der Waals surface area contributed by atoms with Crippen LogP contribution in [0.15, 0.2) is 93.3 Å². The largest absolute Gasteiger partial charge is 0.454 e. The first kappa shape index (κ1) is 29.3. The van der Waals surface area contributed by atoms with E-state index in [9.17, 15) is 27.6 Å². The number of aromatic nitrogens is 2. The maximum absolute atomic E-state index is 13.8. The van der Waals surface area contributed by atoms with Crippen LogP contribution in [-0.4, -0.2) is 35.9 Å². The molecule has 0 fully saturated rings. The number of halogens is 1. The van der Waals surface area contributed by atoms with E-state index in [0.717, 1.165) is 16.2 Å². The van der Waals surface area contributed by atoms with Crippen molar-refractivity contribution in [1.29, 1.82) is 0 Å². The molecule has 4 aromatic rings. The van der Waals surface area contributed by atoms with Crippen LogP contribution in [-0.2, 0) is 35.4 Å². The summed E-state index contributed by atoms with van der Waals surface area (Å²) in [5, 5.41) is 0.433. The quantitative estimate of drug-likeness (QED) is 0.229. The number of nitrogen functional groups attached to an aromatic ring is 1. The van der Waals surface area contributed by atoms with Gasteiger partial charge in [0.1, 0.15) is 11.4 Å². The molecule has 2 N–H and O–H groups in total. The average Bonchev–Trinajstić information content (AvgIpc) is 2.97. The second kappa shape index (κ2) is 11.8. The summed E-state index contributed by atoms with van der Waals surface area (Å²) in [7, 11) is -1.72. The van der Waals surface area contributed by atoms with Crippen LogP contribution in [0.25, 0.3) is 0 Å². The van der Waals surface area contributed by atoms with Crippen molar-refractivity contribution in [3.05, 3.63) is 121 Å². The van der Waals surface area contributed by atoms with E-state index in [-0.39, 0.29) is 22.8 Å². The third kappa shape index (κ3) is 6.08. The molecular weight excluding hydrogens is 572 g/mol. The Balaban J connectivity index is 1.61. The summed E-state index contributed by atoms with van der Waals surface area (Å²) in [5.74, 6) is -2.29. The SMILES string of the molecule is Cn1c(N)c(C(=O)COC(=O)c2cccc(S(=O)(=O)N(Cc3ccccc3)c3ccc(Cl)cc3)c2)c(=O)n(C)c1=O. The zero-order valence-electron chi connectivity index (χ0n) is 22.0. The third-order valence-electron chi connectivity index (χ3n) is 6.26. The van der Waals surface area contributed by atoms with E-state index in [1.54, 1.807) is 48.5 Å². The Morgan fingerprint density at radius 3 is 2.24 bits per heavy atom. The predicted molar refractivity (Wildman–Crippen MR) is 154 cm³/mol.